The number of sulfonamides is 1. The van der Waals surface area contributed by atoms with Gasteiger partial charge < -0.3 is 4.98 Å². The molecule has 1 heterocycles. The molecule has 0 saturated heterocycles. The lowest BCUT2D eigenvalue weighted by Gasteiger charge is -2.08. The lowest BCUT2D eigenvalue weighted by Crippen LogP contribution is -2.25. The molecule has 19 heavy (non-hydrogen) atoms. The summed E-state index contributed by atoms with van der Waals surface area (Å²) in [5.41, 5.74) is 3.06. The van der Waals surface area contributed by atoms with E-state index in [1.54, 1.807) is 6.07 Å². The highest BCUT2D eigenvalue weighted by Gasteiger charge is 2.08. The molecule has 0 saturated carbocycles. The van der Waals surface area contributed by atoms with Gasteiger partial charge in [-0.1, -0.05) is 12.1 Å². The van der Waals surface area contributed by atoms with Gasteiger partial charge in [0.15, 0.2) is 0 Å². The Morgan fingerprint density at radius 1 is 1.26 bits per heavy atom. The van der Waals surface area contributed by atoms with Gasteiger partial charge in [-0.2, -0.15) is 0 Å². The summed E-state index contributed by atoms with van der Waals surface area (Å²) < 4.78 is 24.4. The van der Waals surface area contributed by atoms with Crippen LogP contribution in [0.15, 0.2) is 23.0 Å². The van der Waals surface area contributed by atoms with Gasteiger partial charge in [0.2, 0.25) is 10.0 Å². The fraction of sp³-hybridized carbons (Fsp3) is 0.308. The van der Waals surface area contributed by atoms with Crippen LogP contribution in [0, 0.1) is 13.8 Å². The normalized spacial score (nSPS) is 11.9. The Hall–Kier alpha value is -1.66. The van der Waals surface area contributed by atoms with Crippen LogP contribution in [0.2, 0.25) is 0 Å². The number of rotatable bonds is 3. The molecule has 0 amide bonds. The summed E-state index contributed by atoms with van der Waals surface area (Å²) in [5, 5.41) is 0.896. The number of aryl methyl sites for hydroxylation is 2. The molecule has 0 aliphatic heterocycles. The summed E-state index contributed by atoms with van der Waals surface area (Å²) in [7, 11) is -3.31. The van der Waals surface area contributed by atoms with Gasteiger partial charge in [0.25, 0.3) is 5.56 Å². The molecule has 1 aromatic carbocycles. The second-order valence-electron chi connectivity index (χ2n) is 4.69. The van der Waals surface area contributed by atoms with E-state index < -0.39 is 10.0 Å². The molecule has 0 bridgehead atoms. The molecule has 6 heteroatoms. The molecule has 2 N–H and O–H groups in total. The molecular formula is C13H16N2O3S. The van der Waals surface area contributed by atoms with E-state index in [4.69, 9.17) is 0 Å². The topological polar surface area (TPSA) is 79.0 Å². The average molecular weight is 280 g/mol. The van der Waals surface area contributed by atoms with Crippen LogP contribution in [0.3, 0.4) is 0 Å². The zero-order chi connectivity index (χ0) is 14.2. The van der Waals surface area contributed by atoms with Crippen LogP contribution in [0.4, 0.5) is 0 Å². The molecule has 102 valence electrons. The minimum absolute atomic E-state index is 0.00295. The summed E-state index contributed by atoms with van der Waals surface area (Å²) in [6.45, 7) is 3.92. The summed E-state index contributed by atoms with van der Waals surface area (Å²) in [6.07, 6.45) is 1.07. The Balaban J connectivity index is 2.51. The fourth-order valence-corrected chi connectivity index (χ4v) is 2.33. The van der Waals surface area contributed by atoms with E-state index in [-0.39, 0.29) is 12.1 Å². The van der Waals surface area contributed by atoms with E-state index in [0.29, 0.717) is 5.56 Å². The Kier molecular flexibility index (Phi) is 3.47. The number of fused-ring (bicyclic) bond motifs is 1. The van der Waals surface area contributed by atoms with Crippen molar-refractivity contribution in [2.45, 2.75) is 20.4 Å². The third-order valence-corrected chi connectivity index (χ3v) is 3.82. The summed E-state index contributed by atoms with van der Waals surface area (Å²) in [4.78, 5) is 14.7. The molecule has 2 aromatic rings. The monoisotopic (exact) mass is 280 g/mol. The predicted molar refractivity (Wildman–Crippen MR) is 75.7 cm³/mol. The third-order valence-electron chi connectivity index (χ3n) is 3.15. The number of pyridine rings is 1. The molecule has 0 aliphatic carbocycles. The highest BCUT2D eigenvalue weighted by atomic mass is 32.2. The van der Waals surface area contributed by atoms with Crippen LogP contribution in [-0.2, 0) is 16.6 Å². The van der Waals surface area contributed by atoms with Crippen molar-refractivity contribution >= 4 is 20.9 Å². The van der Waals surface area contributed by atoms with Gasteiger partial charge in [0.05, 0.1) is 11.8 Å². The van der Waals surface area contributed by atoms with Crippen LogP contribution in [0.5, 0.6) is 0 Å². The first-order valence-electron chi connectivity index (χ1n) is 5.84. The highest BCUT2D eigenvalue weighted by Crippen LogP contribution is 2.18. The van der Waals surface area contributed by atoms with Crippen LogP contribution in [0.25, 0.3) is 10.9 Å². The van der Waals surface area contributed by atoms with Gasteiger partial charge in [0.1, 0.15) is 0 Å². The number of hydrogen-bond acceptors (Lipinski definition) is 3. The Morgan fingerprint density at radius 3 is 2.58 bits per heavy atom. The minimum Gasteiger partial charge on any atom is -0.321 e. The van der Waals surface area contributed by atoms with E-state index in [9.17, 15) is 13.2 Å². The Labute approximate surface area is 111 Å². The largest absolute Gasteiger partial charge is 0.321 e. The first-order chi connectivity index (χ1) is 8.78. The summed E-state index contributed by atoms with van der Waals surface area (Å²) in [5.74, 6) is 0. The Morgan fingerprint density at radius 2 is 1.95 bits per heavy atom. The van der Waals surface area contributed by atoms with Gasteiger partial charge in [0, 0.05) is 12.1 Å². The van der Waals surface area contributed by atoms with E-state index in [1.807, 2.05) is 26.0 Å². The second-order valence-corrected chi connectivity index (χ2v) is 6.52. The van der Waals surface area contributed by atoms with Crippen molar-refractivity contribution < 1.29 is 8.42 Å². The molecule has 1 aromatic heterocycles. The molecule has 0 radical (unpaired) electrons. The van der Waals surface area contributed by atoms with Gasteiger partial charge >= 0.3 is 0 Å². The maximum absolute atomic E-state index is 11.9. The van der Waals surface area contributed by atoms with Crippen LogP contribution < -0.4 is 10.3 Å². The van der Waals surface area contributed by atoms with Crippen molar-refractivity contribution in [3.05, 3.63) is 45.2 Å². The number of aromatic amines is 1. The molecule has 0 unspecified atom stereocenters. The quantitative estimate of drug-likeness (QED) is 0.886. The zero-order valence-electron chi connectivity index (χ0n) is 11.1. The van der Waals surface area contributed by atoms with Crippen molar-refractivity contribution in [3.8, 4) is 0 Å². The molecule has 2 rings (SSSR count). The molecule has 0 aliphatic rings. The molecule has 0 spiro atoms. The molecule has 0 atom stereocenters. The maximum atomic E-state index is 11.9. The van der Waals surface area contributed by atoms with Gasteiger partial charge in [-0.05, 0) is 36.4 Å². The first kappa shape index (κ1) is 13.8. The number of benzene rings is 1. The smallest absolute Gasteiger partial charge is 0.252 e. The van der Waals surface area contributed by atoms with E-state index in [0.717, 1.165) is 28.3 Å². The van der Waals surface area contributed by atoms with Crippen molar-refractivity contribution in [2.24, 2.45) is 0 Å². The van der Waals surface area contributed by atoms with Crippen molar-refractivity contribution in [1.82, 2.24) is 9.71 Å². The van der Waals surface area contributed by atoms with Crippen molar-refractivity contribution in [3.63, 3.8) is 0 Å². The number of H-pyrrole nitrogens is 1. The summed E-state index contributed by atoms with van der Waals surface area (Å²) >= 11 is 0. The lowest BCUT2D eigenvalue weighted by atomic mass is 10.0. The average Bonchev–Trinajstić information content (AvgIpc) is 2.31. The van der Waals surface area contributed by atoms with Crippen LogP contribution in [-0.4, -0.2) is 19.7 Å². The maximum Gasteiger partial charge on any atom is 0.252 e. The zero-order valence-corrected chi connectivity index (χ0v) is 11.9. The second kappa shape index (κ2) is 4.79. The predicted octanol–water partition coefficient (Wildman–Crippen LogP) is 1.19. The SMILES string of the molecule is Cc1ccc2cc(CNS(C)(=O)=O)c(=O)[nH]c2c1C. The fourth-order valence-electron chi connectivity index (χ4n) is 1.91. The van der Waals surface area contributed by atoms with Crippen molar-refractivity contribution in [2.75, 3.05) is 6.26 Å². The van der Waals surface area contributed by atoms with Crippen LogP contribution >= 0.6 is 0 Å². The van der Waals surface area contributed by atoms with Gasteiger partial charge in [-0.25, -0.2) is 13.1 Å². The Bertz CT molecular complexity index is 791. The molecule has 5 nitrogen and oxygen atoms in total. The number of hydrogen-bond donors (Lipinski definition) is 2. The number of nitrogens with one attached hydrogen (secondary N) is 2. The van der Waals surface area contributed by atoms with Crippen molar-refractivity contribution in [1.29, 1.82) is 0 Å². The van der Waals surface area contributed by atoms with Gasteiger partial charge in [-0.3, -0.25) is 4.79 Å². The van der Waals surface area contributed by atoms with Crippen LogP contribution in [0.1, 0.15) is 16.7 Å². The minimum atomic E-state index is -3.31. The van der Waals surface area contributed by atoms with Gasteiger partial charge in [-0.15, -0.1) is 0 Å². The van der Waals surface area contributed by atoms with E-state index >= 15 is 0 Å². The first-order valence-corrected chi connectivity index (χ1v) is 7.74. The summed E-state index contributed by atoms with van der Waals surface area (Å²) in [6, 6.07) is 5.61. The lowest BCUT2D eigenvalue weighted by molar-refractivity contribution is 0.587. The third kappa shape index (κ3) is 3.02. The standard InChI is InChI=1S/C13H16N2O3S/c1-8-4-5-10-6-11(7-14-19(3,17)18)13(16)15-12(10)9(8)2/h4-6,14H,7H2,1-3H3,(H,15,16). The highest BCUT2D eigenvalue weighted by molar-refractivity contribution is 7.88. The number of aromatic nitrogens is 1. The molecule has 0 fully saturated rings. The van der Waals surface area contributed by atoms with E-state index in [2.05, 4.69) is 9.71 Å². The molecular weight excluding hydrogens is 264 g/mol. The van der Waals surface area contributed by atoms with E-state index in [1.165, 1.54) is 0 Å².